The van der Waals surface area contributed by atoms with Gasteiger partial charge in [0.15, 0.2) is 0 Å². The van der Waals surface area contributed by atoms with Gasteiger partial charge < -0.3 is 5.73 Å². The highest BCUT2D eigenvalue weighted by molar-refractivity contribution is 5.63. The molecule has 90 valence electrons. The molecule has 0 aliphatic heterocycles. The summed E-state index contributed by atoms with van der Waals surface area (Å²) in [6.45, 7) is 5.00. The van der Waals surface area contributed by atoms with Gasteiger partial charge >= 0.3 is 0 Å². The van der Waals surface area contributed by atoms with E-state index in [1.54, 1.807) is 6.20 Å². The predicted molar refractivity (Wildman–Crippen MR) is 68.4 cm³/mol. The van der Waals surface area contributed by atoms with Gasteiger partial charge in [-0.1, -0.05) is 36.4 Å². The highest BCUT2D eigenvalue weighted by Crippen LogP contribution is 2.26. The molecule has 0 saturated carbocycles. The van der Waals surface area contributed by atoms with Crippen molar-refractivity contribution in [1.82, 2.24) is 15.0 Å². The van der Waals surface area contributed by atoms with Crippen LogP contribution < -0.4 is 5.73 Å². The van der Waals surface area contributed by atoms with Crippen LogP contribution >= 0.6 is 0 Å². The Labute approximate surface area is 101 Å². The summed E-state index contributed by atoms with van der Waals surface area (Å²) in [6, 6.07) is 8.17. The van der Waals surface area contributed by atoms with Gasteiger partial charge in [-0.3, -0.25) is 0 Å². The van der Waals surface area contributed by atoms with Gasteiger partial charge in [0, 0.05) is 18.2 Å². The van der Waals surface area contributed by atoms with Crippen LogP contribution in [0.2, 0.25) is 0 Å². The van der Waals surface area contributed by atoms with E-state index >= 15 is 0 Å². The molecule has 1 heterocycles. The third-order valence-corrected chi connectivity index (χ3v) is 2.78. The van der Waals surface area contributed by atoms with Crippen molar-refractivity contribution in [2.45, 2.75) is 32.9 Å². The van der Waals surface area contributed by atoms with Gasteiger partial charge in [0.2, 0.25) is 0 Å². The van der Waals surface area contributed by atoms with Gasteiger partial charge in [0.1, 0.15) is 0 Å². The molecule has 0 saturated heterocycles. The summed E-state index contributed by atoms with van der Waals surface area (Å²) in [5.74, 6) is 0. The summed E-state index contributed by atoms with van der Waals surface area (Å²) in [5, 5.41) is 8.10. The van der Waals surface area contributed by atoms with E-state index in [9.17, 15) is 0 Å². The van der Waals surface area contributed by atoms with Crippen LogP contribution in [0.1, 0.15) is 31.9 Å². The van der Waals surface area contributed by atoms with Crippen LogP contribution in [0.15, 0.2) is 30.5 Å². The summed E-state index contributed by atoms with van der Waals surface area (Å²) in [6.07, 6.45) is 2.84. The molecule has 0 bridgehead atoms. The topological polar surface area (TPSA) is 56.7 Å². The second-order valence-corrected chi connectivity index (χ2v) is 4.22. The van der Waals surface area contributed by atoms with E-state index in [-0.39, 0.29) is 6.04 Å². The molecule has 0 radical (unpaired) electrons. The van der Waals surface area contributed by atoms with Crippen molar-refractivity contribution in [2.24, 2.45) is 5.73 Å². The number of nitrogens with two attached hydrogens (primary N) is 1. The van der Waals surface area contributed by atoms with Crippen LogP contribution in [-0.4, -0.2) is 15.0 Å². The third-order valence-electron chi connectivity index (χ3n) is 2.78. The van der Waals surface area contributed by atoms with Crippen molar-refractivity contribution in [3.05, 3.63) is 36.0 Å². The Morgan fingerprint density at radius 1 is 1.35 bits per heavy atom. The summed E-state index contributed by atoms with van der Waals surface area (Å²) in [4.78, 5) is 0. The van der Waals surface area contributed by atoms with Crippen molar-refractivity contribution >= 4 is 0 Å². The maximum atomic E-state index is 5.99. The largest absolute Gasteiger partial charge is 0.324 e. The van der Waals surface area contributed by atoms with Crippen molar-refractivity contribution in [3.63, 3.8) is 0 Å². The predicted octanol–water partition coefficient (Wildman–Crippen LogP) is 2.37. The lowest BCUT2D eigenvalue weighted by atomic mass is 10.00. The molecule has 0 spiro atoms. The summed E-state index contributed by atoms with van der Waals surface area (Å²) in [7, 11) is 0. The summed E-state index contributed by atoms with van der Waals surface area (Å²) in [5.41, 5.74) is 9.29. The first kappa shape index (κ1) is 11.8. The average molecular weight is 230 g/mol. The summed E-state index contributed by atoms with van der Waals surface area (Å²) < 4.78 is 1.93. The summed E-state index contributed by atoms with van der Waals surface area (Å²) >= 11 is 0. The lowest BCUT2D eigenvalue weighted by Gasteiger charge is -2.13. The molecule has 1 atom stereocenters. The van der Waals surface area contributed by atoms with Gasteiger partial charge in [-0.05, 0) is 18.9 Å². The fourth-order valence-corrected chi connectivity index (χ4v) is 1.97. The third kappa shape index (κ3) is 2.36. The van der Waals surface area contributed by atoms with Crippen LogP contribution in [0.3, 0.4) is 0 Å². The minimum Gasteiger partial charge on any atom is -0.324 e. The highest BCUT2D eigenvalue weighted by atomic mass is 15.4. The van der Waals surface area contributed by atoms with Crippen LogP contribution in [0, 0.1) is 0 Å². The molecule has 4 heteroatoms. The van der Waals surface area contributed by atoms with Gasteiger partial charge in [-0.25, -0.2) is 4.68 Å². The number of nitrogens with zero attached hydrogens (tertiary/aromatic N) is 3. The molecule has 0 aliphatic carbocycles. The maximum absolute atomic E-state index is 5.99. The number of rotatable bonds is 4. The number of hydrogen-bond donors (Lipinski definition) is 1. The number of aryl methyl sites for hydroxylation is 1. The first-order valence-corrected chi connectivity index (χ1v) is 5.97. The van der Waals surface area contributed by atoms with Crippen molar-refractivity contribution in [1.29, 1.82) is 0 Å². The molecule has 1 unspecified atom stereocenters. The molecule has 2 rings (SSSR count). The minimum absolute atomic E-state index is 0.0103. The molecule has 17 heavy (non-hydrogen) atoms. The maximum Gasteiger partial charge on any atom is 0.0888 e. The smallest absolute Gasteiger partial charge is 0.0888 e. The van der Waals surface area contributed by atoms with E-state index in [2.05, 4.69) is 29.4 Å². The molecule has 2 aromatic rings. The standard InChI is InChI=1S/C13H18N4/c1-3-8-17-13(9-15-16-17)12-7-5-4-6-11(12)10(2)14/h4-7,9-10H,3,8,14H2,1-2H3. The van der Waals surface area contributed by atoms with Gasteiger partial charge in [0.05, 0.1) is 11.9 Å². The highest BCUT2D eigenvalue weighted by Gasteiger charge is 2.12. The fraction of sp³-hybridized carbons (Fsp3) is 0.385. The average Bonchev–Trinajstić information content (AvgIpc) is 2.77. The minimum atomic E-state index is 0.0103. The first-order chi connectivity index (χ1) is 8.24. The molecule has 2 N–H and O–H groups in total. The Morgan fingerprint density at radius 3 is 2.82 bits per heavy atom. The molecule has 1 aromatic carbocycles. The number of benzene rings is 1. The Kier molecular flexibility index (Phi) is 3.54. The molecule has 4 nitrogen and oxygen atoms in total. The zero-order chi connectivity index (χ0) is 12.3. The van der Waals surface area contributed by atoms with Gasteiger partial charge in [-0.2, -0.15) is 0 Å². The van der Waals surface area contributed by atoms with Crippen molar-refractivity contribution in [3.8, 4) is 11.3 Å². The van der Waals surface area contributed by atoms with Crippen LogP contribution in [-0.2, 0) is 6.54 Å². The molecular weight excluding hydrogens is 212 g/mol. The first-order valence-electron chi connectivity index (χ1n) is 5.97. The molecule has 0 amide bonds. The lowest BCUT2D eigenvalue weighted by Crippen LogP contribution is -2.08. The zero-order valence-electron chi connectivity index (χ0n) is 10.3. The molecule has 0 fully saturated rings. The van der Waals surface area contributed by atoms with Crippen molar-refractivity contribution < 1.29 is 0 Å². The zero-order valence-corrected chi connectivity index (χ0v) is 10.3. The van der Waals surface area contributed by atoms with E-state index in [1.807, 2.05) is 23.7 Å². The monoisotopic (exact) mass is 230 g/mol. The van der Waals surface area contributed by atoms with Crippen LogP contribution in [0.25, 0.3) is 11.3 Å². The van der Waals surface area contributed by atoms with E-state index in [4.69, 9.17) is 5.73 Å². The number of aromatic nitrogens is 3. The van der Waals surface area contributed by atoms with E-state index in [1.165, 1.54) is 0 Å². The number of hydrogen-bond acceptors (Lipinski definition) is 3. The second-order valence-electron chi connectivity index (χ2n) is 4.22. The van der Waals surface area contributed by atoms with E-state index in [0.29, 0.717) is 0 Å². The molecular formula is C13H18N4. The van der Waals surface area contributed by atoms with Crippen LogP contribution in [0.5, 0.6) is 0 Å². The van der Waals surface area contributed by atoms with Gasteiger partial charge in [0.25, 0.3) is 0 Å². The second kappa shape index (κ2) is 5.10. The Morgan fingerprint density at radius 2 is 2.12 bits per heavy atom. The fourth-order valence-electron chi connectivity index (χ4n) is 1.97. The van der Waals surface area contributed by atoms with Crippen molar-refractivity contribution in [2.75, 3.05) is 0 Å². The molecule has 1 aromatic heterocycles. The quantitative estimate of drug-likeness (QED) is 0.877. The van der Waals surface area contributed by atoms with Crippen LogP contribution in [0.4, 0.5) is 0 Å². The van der Waals surface area contributed by atoms with Gasteiger partial charge in [-0.15, -0.1) is 5.10 Å². The normalized spacial score (nSPS) is 12.6. The Hall–Kier alpha value is -1.68. The Bertz CT molecular complexity index is 488. The SMILES string of the molecule is CCCn1nncc1-c1ccccc1C(C)N. The Balaban J connectivity index is 2.48. The lowest BCUT2D eigenvalue weighted by molar-refractivity contribution is 0.583. The van der Waals surface area contributed by atoms with E-state index < -0.39 is 0 Å². The molecule has 0 aliphatic rings. The van der Waals surface area contributed by atoms with E-state index in [0.717, 1.165) is 29.8 Å².